The molecular formula is C25H33N7O4. The van der Waals surface area contributed by atoms with Crippen LogP contribution < -0.4 is 10.6 Å². The number of anilines is 1. The number of amides is 1. The molecule has 3 aliphatic rings. The van der Waals surface area contributed by atoms with Gasteiger partial charge in [-0.2, -0.15) is 0 Å². The third-order valence-electron chi connectivity index (χ3n) is 6.87. The predicted octanol–water partition coefficient (Wildman–Crippen LogP) is 1.51. The molecular weight excluding hydrogens is 462 g/mol. The van der Waals surface area contributed by atoms with Gasteiger partial charge in [0.05, 0.1) is 12.4 Å². The van der Waals surface area contributed by atoms with E-state index < -0.39 is 5.79 Å². The van der Waals surface area contributed by atoms with Gasteiger partial charge in [-0.05, 0) is 45.2 Å². The van der Waals surface area contributed by atoms with Crippen molar-refractivity contribution in [2.45, 2.75) is 56.8 Å². The van der Waals surface area contributed by atoms with Gasteiger partial charge in [0.15, 0.2) is 22.8 Å². The molecule has 2 atom stereocenters. The summed E-state index contributed by atoms with van der Waals surface area (Å²) in [5.74, 6) is -1.31. The molecule has 3 fully saturated rings. The lowest BCUT2D eigenvalue weighted by atomic mass is 9.79. The molecule has 11 heteroatoms. The highest BCUT2D eigenvalue weighted by Gasteiger charge is 2.50. The summed E-state index contributed by atoms with van der Waals surface area (Å²) in [6.45, 7) is 6.95. The molecule has 192 valence electrons. The van der Waals surface area contributed by atoms with Crippen LogP contribution in [-0.4, -0.2) is 84.1 Å². The van der Waals surface area contributed by atoms with E-state index in [1.54, 1.807) is 18.5 Å². The third kappa shape index (κ3) is 5.25. The van der Waals surface area contributed by atoms with Gasteiger partial charge in [-0.15, -0.1) is 0 Å². The Morgan fingerprint density at radius 3 is 2.58 bits per heavy atom. The molecule has 0 bridgehead atoms. The number of aromatic nitrogens is 4. The standard InChI is InChI=1S/C22H25N7O2.C3H8O2/c30-21(15-4-2-1-3-5-15)27-19-18-20(25-13-24-19)29(14-26-18)17-7-6-16(31-17)10-28-9-8-22(28)11-23-12-22;1-3(2,4)5/h1-5,13-14,16-17,23H,6-12H2,(H,24,25,27,30);4-5H,1-2H3. The Labute approximate surface area is 209 Å². The van der Waals surface area contributed by atoms with Crippen LogP contribution in [0.5, 0.6) is 0 Å². The van der Waals surface area contributed by atoms with Gasteiger partial charge in [-0.3, -0.25) is 14.3 Å². The second kappa shape index (κ2) is 9.83. The largest absolute Gasteiger partial charge is 0.366 e. The van der Waals surface area contributed by atoms with E-state index in [0.717, 1.165) is 39.0 Å². The molecule has 0 saturated carbocycles. The van der Waals surface area contributed by atoms with Gasteiger partial charge in [0, 0.05) is 37.3 Å². The van der Waals surface area contributed by atoms with E-state index >= 15 is 0 Å². The smallest absolute Gasteiger partial charge is 0.256 e. The molecule has 2 unspecified atom stereocenters. The number of carbonyl (C=O) groups is 1. The fourth-order valence-electron chi connectivity index (χ4n) is 4.88. The average Bonchev–Trinajstić information content (AvgIpc) is 3.42. The van der Waals surface area contributed by atoms with Crippen molar-refractivity contribution in [3.8, 4) is 0 Å². The minimum absolute atomic E-state index is 0.0979. The highest BCUT2D eigenvalue weighted by atomic mass is 16.5. The van der Waals surface area contributed by atoms with E-state index in [4.69, 9.17) is 14.9 Å². The van der Waals surface area contributed by atoms with Crippen molar-refractivity contribution < 1.29 is 19.7 Å². The fourth-order valence-corrected chi connectivity index (χ4v) is 4.88. The summed E-state index contributed by atoms with van der Waals surface area (Å²) >= 11 is 0. The number of hydrogen-bond acceptors (Lipinski definition) is 9. The van der Waals surface area contributed by atoms with Crippen LogP contribution in [0.4, 0.5) is 5.82 Å². The zero-order valence-corrected chi connectivity index (χ0v) is 20.6. The molecule has 1 amide bonds. The van der Waals surface area contributed by atoms with Gasteiger partial charge in [-0.1, -0.05) is 18.2 Å². The van der Waals surface area contributed by atoms with Crippen molar-refractivity contribution in [1.29, 1.82) is 0 Å². The lowest BCUT2D eigenvalue weighted by Gasteiger charge is -2.59. The van der Waals surface area contributed by atoms with Crippen LogP contribution in [-0.2, 0) is 4.74 Å². The summed E-state index contributed by atoms with van der Waals surface area (Å²) in [5, 5.41) is 22.4. The number of aliphatic hydroxyl groups is 2. The first kappa shape index (κ1) is 24.7. The maximum Gasteiger partial charge on any atom is 0.256 e. The van der Waals surface area contributed by atoms with Crippen molar-refractivity contribution in [3.63, 3.8) is 0 Å². The van der Waals surface area contributed by atoms with E-state index in [2.05, 4.69) is 30.5 Å². The van der Waals surface area contributed by atoms with E-state index in [9.17, 15) is 4.79 Å². The summed E-state index contributed by atoms with van der Waals surface area (Å²) in [6.07, 6.45) is 6.56. The van der Waals surface area contributed by atoms with Gasteiger partial charge in [-0.25, -0.2) is 15.0 Å². The number of carbonyl (C=O) groups excluding carboxylic acids is 1. The van der Waals surface area contributed by atoms with E-state index in [1.165, 1.54) is 26.6 Å². The Balaban J connectivity index is 0.000000489. The molecule has 3 saturated heterocycles. The van der Waals surface area contributed by atoms with E-state index in [-0.39, 0.29) is 18.2 Å². The Bertz CT molecular complexity index is 1190. The number of imidazole rings is 1. The molecule has 3 aromatic rings. The summed E-state index contributed by atoms with van der Waals surface area (Å²) in [5.41, 5.74) is 2.21. The van der Waals surface area contributed by atoms with Crippen LogP contribution in [0.1, 0.15) is 49.7 Å². The molecule has 0 radical (unpaired) electrons. The van der Waals surface area contributed by atoms with E-state index in [1.807, 2.05) is 22.8 Å². The first-order valence-electron chi connectivity index (χ1n) is 12.3. The quantitative estimate of drug-likeness (QED) is 0.388. The van der Waals surface area contributed by atoms with Gasteiger partial charge in [0.25, 0.3) is 5.91 Å². The molecule has 0 aliphatic carbocycles. The summed E-state index contributed by atoms with van der Waals surface area (Å²) in [6, 6.07) is 9.07. The number of ether oxygens (including phenoxy) is 1. The highest BCUT2D eigenvalue weighted by molar-refractivity contribution is 6.06. The predicted molar refractivity (Wildman–Crippen MR) is 133 cm³/mol. The Morgan fingerprint density at radius 2 is 1.94 bits per heavy atom. The van der Waals surface area contributed by atoms with Crippen molar-refractivity contribution in [2.75, 3.05) is 31.5 Å². The molecule has 11 nitrogen and oxygen atoms in total. The molecule has 6 rings (SSSR count). The fraction of sp³-hybridized carbons (Fsp3) is 0.520. The second-order valence-corrected chi connectivity index (χ2v) is 10.2. The highest BCUT2D eigenvalue weighted by Crippen LogP contribution is 2.37. The average molecular weight is 496 g/mol. The molecule has 3 aliphatic heterocycles. The number of hydrogen-bond donors (Lipinski definition) is 4. The first-order valence-corrected chi connectivity index (χ1v) is 12.3. The number of likely N-dealkylation sites (tertiary alicyclic amines) is 1. The number of benzene rings is 1. The zero-order chi connectivity index (χ0) is 25.3. The third-order valence-corrected chi connectivity index (χ3v) is 6.87. The SMILES string of the molecule is CC(C)(O)O.O=C(Nc1ncnc2c1ncn2C1CCC(CN2CCC23CNC3)O1)c1ccccc1. The van der Waals surface area contributed by atoms with Gasteiger partial charge in [0.2, 0.25) is 0 Å². The minimum atomic E-state index is -1.50. The number of fused-ring (bicyclic) bond motifs is 1. The molecule has 1 spiro atoms. The molecule has 5 heterocycles. The lowest BCUT2D eigenvalue weighted by molar-refractivity contribution is -0.127. The zero-order valence-electron chi connectivity index (χ0n) is 20.6. The van der Waals surface area contributed by atoms with E-state index in [0.29, 0.717) is 28.1 Å². The van der Waals surface area contributed by atoms with Crippen LogP contribution in [0.2, 0.25) is 0 Å². The van der Waals surface area contributed by atoms with Crippen LogP contribution in [0.25, 0.3) is 11.2 Å². The summed E-state index contributed by atoms with van der Waals surface area (Å²) < 4.78 is 8.35. The Morgan fingerprint density at radius 1 is 1.19 bits per heavy atom. The topological polar surface area (TPSA) is 138 Å². The van der Waals surface area contributed by atoms with Crippen LogP contribution in [0.3, 0.4) is 0 Å². The number of nitrogens with zero attached hydrogens (tertiary/aromatic N) is 5. The normalized spacial score (nSPS) is 23.0. The molecule has 2 aromatic heterocycles. The number of nitrogens with one attached hydrogen (secondary N) is 2. The Kier molecular flexibility index (Phi) is 6.75. The van der Waals surface area contributed by atoms with Crippen molar-refractivity contribution in [2.24, 2.45) is 0 Å². The summed E-state index contributed by atoms with van der Waals surface area (Å²) in [4.78, 5) is 28.3. The van der Waals surface area contributed by atoms with Crippen molar-refractivity contribution >= 4 is 22.9 Å². The van der Waals surface area contributed by atoms with Crippen molar-refractivity contribution in [3.05, 3.63) is 48.5 Å². The maximum atomic E-state index is 12.5. The number of rotatable bonds is 5. The van der Waals surface area contributed by atoms with Crippen LogP contribution in [0.15, 0.2) is 43.0 Å². The lowest BCUT2D eigenvalue weighted by Crippen LogP contribution is -2.76. The monoisotopic (exact) mass is 495 g/mol. The van der Waals surface area contributed by atoms with Crippen LogP contribution in [0, 0.1) is 0 Å². The minimum Gasteiger partial charge on any atom is -0.366 e. The van der Waals surface area contributed by atoms with Crippen LogP contribution >= 0.6 is 0 Å². The summed E-state index contributed by atoms with van der Waals surface area (Å²) in [7, 11) is 0. The van der Waals surface area contributed by atoms with Crippen molar-refractivity contribution in [1.82, 2.24) is 29.7 Å². The van der Waals surface area contributed by atoms with Gasteiger partial charge < -0.3 is 25.6 Å². The molecule has 1 aromatic carbocycles. The molecule has 4 N–H and O–H groups in total. The molecule has 36 heavy (non-hydrogen) atoms. The van der Waals surface area contributed by atoms with Gasteiger partial charge >= 0.3 is 0 Å². The maximum absolute atomic E-state index is 12.5. The first-order chi connectivity index (χ1) is 17.2. The Hall–Kier alpha value is -2.96. The van der Waals surface area contributed by atoms with Gasteiger partial charge in [0.1, 0.15) is 12.6 Å². The second-order valence-electron chi connectivity index (χ2n) is 10.2.